The SMILES string of the molecule is COCCn1c(NCc2ncc(Cl)n2C)nc2ccccc21. The third-order valence-corrected chi connectivity index (χ3v) is 3.96. The molecule has 0 aliphatic heterocycles. The fraction of sp³-hybridized carbons (Fsp3) is 0.333. The van der Waals surface area contributed by atoms with Crippen molar-refractivity contribution < 1.29 is 4.74 Å². The van der Waals surface area contributed by atoms with Gasteiger partial charge in [0.15, 0.2) is 0 Å². The number of benzene rings is 1. The molecule has 3 rings (SSSR count). The van der Waals surface area contributed by atoms with E-state index in [2.05, 4.69) is 25.9 Å². The zero-order valence-electron chi connectivity index (χ0n) is 12.6. The van der Waals surface area contributed by atoms with Gasteiger partial charge in [0.05, 0.1) is 30.4 Å². The lowest BCUT2D eigenvalue weighted by Gasteiger charge is -2.10. The summed E-state index contributed by atoms with van der Waals surface area (Å²) in [7, 11) is 3.59. The maximum Gasteiger partial charge on any atom is 0.204 e. The minimum atomic E-state index is 0.555. The highest BCUT2D eigenvalue weighted by Gasteiger charge is 2.11. The molecule has 2 aromatic heterocycles. The van der Waals surface area contributed by atoms with Crippen LogP contribution in [0.3, 0.4) is 0 Å². The maximum atomic E-state index is 6.01. The first-order valence-corrected chi connectivity index (χ1v) is 7.42. The second-order valence-corrected chi connectivity index (χ2v) is 5.37. The van der Waals surface area contributed by atoms with E-state index in [1.807, 2.05) is 29.8 Å². The number of hydrogen-bond acceptors (Lipinski definition) is 4. The van der Waals surface area contributed by atoms with Crippen molar-refractivity contribution in [2.24, 2.45) is 7.05 Å². The highest BCUT2D eigenvalue weighted by atomic mass is 35.5. The van der Waals surface area contributed by atoms with Crippen LogP contribution in [-0.2, 0) is 24.9 Å². The third kappa shape index (κ3) is 2.80. The second-order valence-electron chi connectivity index (χ2n) is 4.98. The van der Waals surface area contributed by atoms with Gasteiger partial charge in [-0.1, -0.05) is 23.7 Å². The summed E-state index contributed by atoms with van der Waals surface area (Å²) in [6.07, 6.45) is 1.65. The molecule has 22 heavy (non-hydrogen) atoms. The molecule has 3 aromatic rings. The molecular formula is C15H18ClN5O. The number of aromatic nitrogens is 4. The Hall–Kier alpha value is -2.05. The highest BCUT2D eigenvalue weighted by Crippen LogP contribution is 2.20. The Labute approximate surface area is 133 Å². The smallest absolute Gasteiger partial charge is 0.204 e. The fourth-order valence-corrected chi connectivity index (χ4v) is 2.51. The zero-order valence-corrected chi connectivity index (χ0v) is 13.3. The van der Waals surface area contributed by atoms with Crippen LogP contribution < -0.4 is 5.32 Å². The lowest BCUT2D eigenvalue weighted by atomic mass is 10.3. The summed E-state index contributed by atoms with van der Waals surface area (Å²) in [6.45, 7) is 1.92. The van der Waals surface area contributed by atoms with E-state index in [1.165, 1.54) is 0 Å². The van der Waals surface area contributed by atoms with Crippen molar-refractivity contribution in [3.8, 4) is 0 Å². The maximum absolute atomic E-state index is 6.01. The van der Waals surface area contributed by atoms with Crippen LogP contribution in [0.5, 0.6) is 0 Å². The number of para-hydroxylation sites is 2. The zero-order chi connectivity index (χ0) is 15.5. The summed E-state index contributed by atoms with van der Waals surface area (Å²) in [5.41, 5.74) is 2.04. The van der Waals surface area contributed by atoms with Crippen LogP contribution in [0.15, 0.2) is 30.5 Å². The van der Waals surface area contributed by atoms with Gasteiger partial charge in [-0.25, -0.2) is 9.97 Å². The molecule has 0 saturated heterocycles. The molecule has 0 spiro atoms. The first-order valence-electron chi connectivity index (χ1n) is 7.05. The van der Waals surface area contributed by atoms with Gasteiger partial charge in [-0.05, 0) is 12.1 Å². The van der Waals surface area contributed by atoms with Gasteiger partial charge in [0, 0.05) is 20.7 Å². The van der Waals surface area contributed by atoms with Crippen LogP contribution in [0.1, 0.15) is 5.82 Å². The van der Waals surface area contributed by atoms with Gasteiger partial charge >= 0.3 is 0 Å². The number of imidazole rings is 2. The molecule has 116 valence electrons. The molecule has 0 atom stereocenters. The van der Waals surface area contributed by atoms with Crippen molar-refractivity contribution in [3.63, 3.8) is 0 Å². The second kappa shape index (κ2) is 6.37. The first-order chi connectivity index (χ1) is 10.7. The van der Waals surface area contributed by atoms with Gasteiger partial charge in [0.2, 0.25) is 5.95 Å². The predicted molar refractivity (Wildman–Crippen MR) is 87.2 cm³/mol. The number of anilines is 1. The number of nitrogens with zero attached hydrogens (tertiary/aromatic N) is 4. The summed E-state index contributed by atoms with van der Waals surface area (Å²) in [4.78, 5) is 8.93. The largest absolute Gasteiger partial charge is 0.383 e. The van der Waals surface area contributed by atoms with Gasteiger partial charge in [-0.2, -0.15) is 0 Å². The number of methoxy groups -OCH3 is 1. The van der Waals surface area contributed by atoms with Gasteiger partial charge in [0.1, 0.15) is 11.0 Å². The first kappa shape index (κ1) is 14.9. The molecule has 0 amide bonds. The van der Waals surface area contributed by atoms with Crippen LogP contribution in [0, 0.1) is 0 Å². The third-order valence-electron chi connectivity index (χ3n) is 3.61. The Morgan fingerprint density at radius 3 is 2.86 bits per heavy atom. The van der Waals surface area contributed by atoms with Crippen molar-refractivity contribution in [1.29, 1.82) is 0 Å². The molecule has 1 aromatic carbocycles. The van der Waals surface area contributed by atoms with Crippen molar-refractivity contribution in [3.05, 3.63) is 41.4 Å². The van der Waals surface area contributed by atoms with E-state index in [-0.39, 0.29) is 0 Å². The fourth-order valence-electron chi connectivity index (χ4n) is 2.37. The van der Waals surface area contributed by atoms with Gasteiger partial charge in [0.25, 0.3) is 0 Å². The molecule has 7 heteroatoms. The number of hydrogen-bond donors (Lipinski definition) is 1. The minimum Gasteiger partial charge on any atom is -0.383 e. The van der Waals surface area contributed by atoms with Gasteiger partial charge in [-0.15, -0.1) is 0 Å². The van der Waals surface area contributed by atoms with E-state index in [0.29, 0.717) is 18.3 Å². The van der Waals surface area contributed by atoms with Crippen LogP contribution in [0.2, 0.25) is 5.15 Å². The summed E-state index contributed by atoms with van der Waals surface area (Å²) in [5.74, 6) is 1.66. The number of nitrogens with one attached hydrogen (secondary N) is 1. The van der Waals surface area contributed by atoms with Crippen molar-refractivity contribution >= 4 is 28.6 Å². The van der Waals surface area contributed by atoms with Gasteiger partial charge in [-0.3, -0.25) is 0 Å². The van der Waals surface area contributed by atoms with Crippen LogP contribution in [-0.4, -0.2) is 32.8 Å². The van der Waals surface area contributed by atoms with Crippen molar-refractivity contribution in [2.75, 3.05) is 19.0 Å². The summed E-state index contributed by atoms with van der Waals surface area (Å²) >= 11 is 6.01. The molecule has 0 saturated carbocycles. The molecule has 0 aliphatic carbocycles. The number of ether oxygens (including phenoxy) is 1. The van der Waals surface area contributed by atoms with E-state index in [9.17, 15) is 0 Å². The predicted octanol–water partition coefficient (Wildman–Crippen LogP) is 2.68. The monoisotopic (exact) mass is 319 g/mol. The molecule has 6 nitrogen and oxygen atoms in total. The van der Waals surface area contributed by atoms with Gasteiger partial charge < -0.3 is 19.2 Å². The van der Waals surface area contributed by atoms with Crippen LogP contribution >= 0.6 is 11.6 Å². The van der Waals surface area contributed by atoms with Crippen LogP contribution in [0.25, 0.3) is 11.0 Å². The van der Waals surface area contributed by atoms with Crippen molar-refractivity contribution in [1.82, 2.24) is 19.1 Å². The Morgan fingerprint density at radius 1 is 1.32 bits per heavy atom. The molecule has 0 radical (unpaired) electrons. The Kier molecular flexibility index (Phi) is 4.31. The van der Waals surface area contributed by atoms with E-state index in [0.717, 1.165) is 29.4 Å². The number of fused-ring (bicyclic) bond motifs is 1. The highest BCUT2D eigenvalue weighted by molar-refractivity contribution is 6.29. The average molecular weight is 320 g/mol. The summed E-state index contributed by atoms with van der Waals surface area (Å²) in [5, 5.41) is 3.95. The number of rotatable bonds is 6. The average Bonchev–Trinajstić information content (AvgIpc) is 3.04. The standard InChI is InChI=1S/C15H18ClN5O/c1-20-13(16)9-17-14(20)10-18-15-19-11-5-3-4-6-12(11)21(15)7-8-22-2/h3-6,9H,7-8,10H2,1-2H3,(H,18,19). The normalized spacial score (nSPS) is 11.2. The quantitative estimate of drug-likeness (QED) is 0.759. The molecule has 0 aliphatic rings. The molecule has 1 N–H and O–H groups in total. The summed E-state index contributed by atoms with van der Waals surface area (Å²) in [6, 6.07) is 8.05. The molecule has 2 heterocycles. The molecule has 0 fully saturated rings. The lowest BCUT2D eigenvalue weighted by Crippen LogP contribution is -2.12. The minimum absolute atomic E-state index is 0.555. The molecule has 0 bridgehead atoms. The van der Waals surface area contributed by atoms with Crippen LogP contribution in [0.4, 0.5) is 5.95 Å². The Morgan fingerprint density at radius 2 is 2.14 bits per heavy atom. The molecular weight excluding hydrogens is 302 g/mol. The Balaban J connectivity index is 1.87. The van der Waals surface area contributed by atoms with E-state index >= 15 is 0 Å². The Bertz CT molecular complexity index is 779. The van der Waals surface area contributed by atoms with E-state index in [1.54, 1.807) is 13.3 Å². The summed E-state index contributed by atoms with van der Waals surface area (Å²) < 4.78 is 9.15. The molecule has 0 unspecified atom stereocenters. The number of halogens is 1. The van der Waals surface area contributed by atoms with Crippen molar-refractivity contribution in [2.45, 2.75) is 13.1 Å². The topological polar surface area (TPSA) is 56.9 Å². The van der Waals surface area contributed by atoms with E-state index in [4.69, 9.17) is 16.3 Å². The van der Waals surface area contributed by atoms with E-state index < -0.39 is 0 Å². The lowest BCUT2D eigenvalue weighted by molar-refractivity contribution is 0.188.